The molecule has 0 fully saturated rings. The molecule has 0 aliphatic carbocycles. The molecule has 0 aromatic heterocycles. The average molecular weight is 191 g/mol. The van der Waals surface area contributed by atoms with E-state index in [9.17, 15) is 9.18 Å². The van der Waals surface area contributed by atoms with Gasteiger partial charge in [0.15, 0.2) is 0 Å². The molecule has 0 unspecified atom stereocenters. The molecule has 1 amide bonds. The number of carbonyl (C=O) groups is 1. The number of para-hydroxylation sites is 1. The smallest absolute Gasteiger partial charge is 0.264 e. The number of benzene rings is 1. The van der Waals surface area contributed by atoms with Crippen LogP contribution in [0.3, 0.4) is 0 Å². The second-order valence-corrected chi connectivity index (χ2v) is 3.04. The first kappa shape index (κ1) is 8.66. The molecule has 70 valence electrons. The average Bonchev–Trinajstić information content (AvgIpc) is 2.43. The van der Waals surface area contributed by atoms with Crippen molar-refractivity contribution in [1.29, 1.82) is 5.26 Å². The van der Waals surface area contributed by atoms with E-state index in [4.69, 9.17) is 11.0 Å². The highest BCUT2D eigenvalue weighted by Gasteiger charge is 2.45. The summed E-state index contributed by atoms with van der Waals surface area (Å²) in [6, 6.07) is 5.74. The number of hydrogen-bond acceptors (Lipinski definition) is 3. The lowest BCUT2D eigenvalue weighted by Gasteiger charge is -2.10. The first-order valence-electron chi connectivity index (χ1n) is 3.90. The lowest BCUT2D eigenvalue weighted by atomic mass is 9.94. The molecule has 0 saturated carbocycles. The maximum Gasteiger partial charge on any atom is 0.264 e. The fourth-order valence-electron chi connectivity index (χ4n) is 1.43. The predicted molar refractivity (Wildman–Crippen MR) is 46.5 cm³/mol. The van der Waals surface area contributed by atoms with E-state index in [0.29, 0.717) is 0 Å². The SMILES string of the molecule is N#C[C@@]1(N)C(=O)Nc2c(F)cccc21. The molecule has 1 heterocycles. The monoisotopic (exact) mass is 191 g/mol. The molecule has 14 heavy (non-hydrogen) atoms. The van der Waals surface area contributed by atoms with Gasteiger partial charge >= 0.3 is 0 Å². The highest BCUT2D eigenvalue weighted by Crippen LogP contribution is 2.35. The lowest BCUT2D eigenvalue weighted by molar-refractivity contribution is -0.118. The molecule has 1 aliphatic rings. The van der Waals surface area contributed by atoms with Gasteiger partial charge in [0, 0.05) is 5.56 Å². The van der Waals surface area contributed by atoms with Gasteiger partial charge in [0.05, 0.1) is 11.8 Å². The number of amides is 1. The number of rotatable bonds is 0. The van der Waals surface area contributed by atoms with Crippen molar-refractivity contribution >= 4 is 11.6 Å². The molecule has 0 bridgehead atoms. The number of carbonyl (C=O) groups excluding carboxylic acids is 1. The van der Waals surface area contributed by atoms with E-state index in [1.54, 1.807) is 6.07 Å². The van der Waals surface area contributed by atoms with Gasteiger partial charge in [-0.15, -0.1) is 0 Å². The molecule has 3 N–H and O–H groups in total. The van der Waals surface area contributed by atoms with E-state index in [0.717, 1.165) is 0 Å². The summed E-state index contributed by atoms with van der Waals surface area (Å²) in [4.78, 5) is 11.3. The Morgan fingerprint density at radius 1 is 1.57 bits per heavy atom. The van der Waals surface area contributed by atoms with Crippen LogP contribution in [0.4, 0.5) is 10.1 Å². The van der Waals surface area contributed by atoms with Crippen molar-refractivity contribution in [2.45, 2.75) is 5.54 Å². The second-order valence-electron chi connectivity index (χ2n) is 3.04. The Balaban J connectivity index is 2.72. The third-order valence-corrected chi connectivity index (χ3v) is 2.21. The highest BCUT2D eigenvalue weighted by molar-refractivity contribution is 6.07. The Labute approximate surface area is 79.1 Å². The van der Waals surface area contributed by atoms with Gasteiger partial charge in [0.2, 0.25) is 5.54 Å². The van der Waals surface area contributed by atoms with Crippen molar-refractivity contribution in [2.24, 2.45) is 5.73 Å². The molecule has 0 saturated heterocycles. The molecule has 0 spiro atoms. The first-order chi connectivity index (χ1) is 6.59. The quantitative estimate of drug-likeness (QED) is 0.625. The summed E-state index contributed by atoms with van der Waals surface area (Å²) >= 11 is 0. The number of hydrogen-bond donors (Lipinski definition) is 2. The number of nitrogens with one attached hydrogen (secondary N) is 1. The van der Waals surface area contributed by atoms with Crippen molar-refractivity contribution in [1.82, 2.24) is 0 Å². The first-order valence-corrected chi connectivity index (χ1v) is 3.90. The maximum atomic E-state index is 13.2. The Bertz CT molecular complexity index is 466. The molecule has 2 rings (SSSR count). The summed E-state index contributed by atoms with van der Waals surface area (Å²) in [7, 11) is 0. The van der Waals surface area contributed by atoms with Crippen molar-refractivity contribution in [3.63, 3.8) is 0 Å². The summed E-state index contributed by atoms with van der Waals surface area (Å²) in [6.45, 7) is 0. The van der Waals surface area contributed by atoms with E-state index < -0.39 is 17.3 Å². The number of nitrogens with two attached hydrogens (primary N) is 1. The fraction of sp³-hybridized carbons (Fsp3) is 0.111. The van der Waals surface area contributed by atoms with Gasteiger partial charge in [0.1, 0.15) is 5.82 Å². The molecular weight excluding hydrogens is 185 g/mol. The molecule has 1 aromatic carbocycles. The van der Waals surface area contributed by atoms with Crippen LogP contribution in [-0.4, -0.2) is 5.91 Å². The van der Waals surface area contributed by atoms with E-state index in [1.165, 1.54) is 18.2 Å². The van der Waals surface area contributed by atoms with Crippen molar-refractivity contribution in [2.75, 3.05) is 5.32 Å². The van der Waals surface area contributed by atoms with Crippen LogP contribution in [0.2, 0.25) is 0 Å². The van der Waals surface area contributed by atoms with Crippen LogP contribution < -0.4 is 11.1 Å². The standard InChI is InChI=1S/C9H6FN3O/c10-6-3-1-2-5-7(6)13-8(14)9(5,12)4-11/h1-3H,12H2,(H,13,14)/t9-/m0/s1. The van der Waals surface area contributed by atoms with Crippen LogP contribution in [0, 0.1) is 17.1 Å². The summed E-state index contributed by atoms with van der Waals surface area (Å²) in [5.74, 6) is -1.28. The van der Waals surface area contributed by atoms with Crippen molar-refractivity contribution in [3.8, 4) is 6.07 Å². The number of anilines is 1. The Morgan fingerprint density at radius 2 is 2.29 bits per heavy atom. The van der Waals surface area contributed by atoms with Crippen molar-refractivity contribution in [3.05, 3.63) is 29.6 Å². The zero-order chi connectivity index (χ0) is 10.3. The third kappa shape index (κ3) is 0.858. The fourth-order valence-corrected chi connectivity index (χ4v) is 1.43. The summed E-state index contributed by atoms with van der Waals surface area (Å²) in [6.07, 6.45) is 0. The van der Waals surface area contributed by atoms with E-state index in [2.05, 4.69) is 5.32 Å². The van der Waals surface area contributed by atoms with Crippen LogP contribution in [0.5, 0.6) is 0 Å². The Hall–Kier alpha value is -1.93. The van der Waals surface area contributed by atoms with Crippen LogP contribution in [-0.2, 0) is 10.3 Å². The largest absolute Gasteiger partial charge is 0.320 e. The lowest BCUT2D eigenvalue weighted by Crippen LogP contribution is -2.41. The number of fused-ring (bicyclic) bond motifs is 1. The molecule has 4 nitrogen and oxygen atoms in total. The van der Waals surface area contributed by atoms with Crippen LogP contribution in [0.1, 0.15) is 5.56 Å². The number of nitriles is 1. The van der Waals surface area contributed by atoms with E-state index >= 15 is 0 Å². The second kappa shape index (κ2) is 2.53. The zero-order valence-corrected chi connectivity index (χ0v) is 7.04. The Kier molecular flexibility index (Phi) is 1.56. The van der Waals surface area contributed by atoms with Crippen LogP contribution in [0.25, 0.3) is 0 Å². The minimum atomic E-state index is -1.77. The minimum absolute atomic E-state index is 0.00144. The molecular formula is C9H6FN3O. The highest BCUT2D eigenvalue weighted by atomic mass is 19.1. The van der Waals surface area contributed by atoms with Gasteiger partial charge in [-0.05, 0) is 6.07 Å². The maximum absolute atomic E-state index is 13.2. The van der Waals surface area contributed by atoms with E-state index in [1.807, 2.05) is 0 Å². The summed E-state index contributed by atoms with van der Waals surface area (Å²) in [5.41, 5.74) is 3.96. The summed E-state index contributed by atoms with van der Waals surface area (Å²) in [5, 5.41) is 11.0. The van der Waals surface area contributed by atoms with Gasteiger partial charge in [-0.3, -0.25) is 4.79 Å². The van der Waals surface area contributed by atoms with Gasteiger partial charge in [-0.1, -0.05) is 12.1 Å². The summed E-state index contributed by atoms with van der Waals surface area (Å²) < 4.78 is 13.2. The topological polar surface area (TPSA) is 78.9 Å². The zero-order valence-electron chi connectivity index (χ0n) is 7.04. The van der Waals surface area contributed by atoms with Gasteiger partial charge in [-0.25, -0.2) is 4.39 Å². The van der Waals surface area contributed by atoms with Crippen LogP contribution >= 0.6 is 0 Å². The molecule has 5 heteroatoms. The predicted octanol–water partition coefficient (Wildman–Crippen LogP) is 0.455. The molecule has 1 aromatic rings. The van der Waals surface area contributed by atoms with Gasteiger partial charge in [0.25, 0.3) is 5.91 Å². The molecule has 1 atom stereocenters. The van der Waals surface area contributed by atoms with Crippen LogP contribution in [0.15, 0.2) is 18.2 Å². The van der Waals surface area contributed by atoms with Gasteiger partial charge in [-0.2, -0.15) is 5.26 Å². The minimum Gasteiger partial charge on any atom is -0.320 e. The normalized spacial score (nSPS) is 23.9. The molecule has 1 aliphatic heterocycles. The number of halogens is 1. The van der Waals surface area contributed by atoms with E-state index in [-0.39, 0.29) is 11.3 Å². The number of nitrogens with zero attached hydrogens (tertiary/aromatic N) is 1. The van der Waals surface area contributed by atoms with Crippen molar-refractivity contribution < 1.29 is 9.18 Å². The third-order valence-electron chi connectivity index (χ3n) is 2.21. The molecule has 0 radical (unpaired) electrons. The van der Waals surface area contributed by atoms with Gasteiger partial charge < -0.3 is 11.1 Å². The Morgan fingerprint density at radius 3 is 2.93 bits per heavy atom.